The van der Waals surface area contributed by atoms with Crippen LogP contribution in [0, 0.1) is 0 Å². The van der Waals surface area contributed by atoms with Gasteiger partial charge in [0.1, 0.15) is 52.6 Å². The molecule has 11 N–H and O–H groups in total. The smallest absolute Gasteiger partial charge is 0.316 e. The average Bonchev–Trinajstić information content (AvgIpc) is 2.99. The minimum absolute atomic E-state index is 0.0771. The fraction of sp³-hybridized carbons (Fsp3) is 0.219. The summed E-state index contributed by atoms with van der Waals surface area (Å²) in [6, 6.07) is 8.91. The highest BCUT2D eigenvalue weighted by Gasteiger charge is 2.43. The fourth-order valence-electron chi connectivity index (χ4n) is 6.05. The number of aliphatic hydroxyl groups excluding tert-OH is 2. The van der Waals surface area contributed by atoms with Crippen LogP contribution in [0.15, 0.2) is 48.5 Å². The van der Waals surface area contributed by atoms with E-state index in [1.165, 1.54) is 12.1 Å². The Hall–Kier alpha value is -5.73. The summed E-state index contributed by atoms with van der Waals surface area (Å²) < 4.78 is 12.0. The monoisotopic (exact) mass is 636 g/mol. The molecule has 0 unspecified atom stereocenters. The van der Waals surface area contributed by atoms with Gasteiger partial charge in [0.2, 0.25) is 0 Å². The Balaban J connectivity index is 1.53. The first kappa shape index (κ1) is 30.3. The first-order valence-corrected chi connectivity index (χ1v) is 13.9. The fourth-order valence-corrected chi connectivity index (χ4v) is 6.05. The van der Waals surface area contributed by atoms with E-state index in [9.17, 15) is 61.0 Å². The van der Waals surface area contributed by atoms with Crippen molar-refractivity contribution in [1.82, 2.24) is 0 Å². The molecule has 240 valence electrons. The maximum atomic E-state index is 13.1. The van der Waals surface area contributed by atoms with Gasteiger partial charge in [-0.05, 0) is 35.4 Å². The zero-order chi connectivity index (χ0) is 33.2. The highest BCUT2D eigenvalue weighted by Crippen LogP contribution is 2.55. The molecule has 0 aromatic heterocycles. The molecule has 14 heteroatoms. The predicted octanol–water partition coefficient (Wildman–Crippen LogP) is 2.62. The number of carboxylic acids is 1. The first-order valence-electron chi connectivity index (χ1n) is 13.9. The summed E-state index contributed by atoms with van der Waals surface area (Å²) in [5.41, 5.74) is -0.750. The molecule has 0 saturated carbocycles. The van der Waals surface area contributed by atoms with Crippen LogP contribution in [-0.2, 0) is 17.6 Å². The number of carboxylic acid groups (broad SMARTS) is 1. The van der Waals surface area contributed by atoms with E-state index >= 15 is 0 Å². The molecule has 4 aromatic carbocycles. The predicted molar refractivity (Wildman–Crippen MR) is 155 cm³/mol. The Kier molecular flexibility index (Phi) is 7.25. The molecule has 46 heavy (non-hydrogen) atoms. The molecule has 2 aliphatic rings. The summed E-state index contributed by atoms with van der Waals surface area (Å²) in [5, 5.41) is 116. The normalized spacial score (nSPS) is 20.3. The molecule has 0 spiro atoms. The number of hydrogen-bond donors (Lipinski definition) is 11. The lowest BCUT2D eigenvalue weighted by molar-refractivity contribution is -0.138. The van der Waals surface area contributed by atoms with E-state index in [2.05, 4.69) is 0 Å². The summed E-state index contributed by atoms with van der Waals surface area (Å²) in [7, 11) is 0. The second kappa shape index (κ2) is 11.0. The highest BCUT2D eigenvalue weighted by molar-refractivity contribution is 5.86. The maximum absolute atomic E-state index is 13.1. The van der Waals surface area contributed by atoms with Gasteiger partial charge in [-0.15, -0.1) is 0 Å². The quantitative estimate of drug-likeness (QED) is 0.141. The topological polar surface area (TPSA) is 258 Å². The van der Waals surface area contributed by atoms with Crippen molar-refractivity contribution < 1.29 is 70.4 Å². The largest absolute Gasteiger partial charge is 0.507 e. The van der Waals surface area contributed by atoms with Crippen LogP contribution in [0.4, 0.5) is 0 Å². The van der Waals surface area contributed by atoms with Crippen LogP contribution >= 0.6 is 0 Å². The minimum Gasteiger partial charge on any atom is -0.507 e. The number of aliphatic hydroxyl groups is 2. The van der Waals surface area contributed by atoms with Gasteiger partial charge in [-0.2, -0.15) is 0 Å². The highest BCUT2D eigenvalue weighted by atomic mass is 16.5. The van der Waals surface area contributed by atoms with Crippen molar-refractivity contribution in [2.45, 2.75) is 43.2 Å². The van der Waals surface area contributed by atoms with E-state index in [1.807, 2.05) is 0 Å². The number of ether oxygens (including phenoxy) is 2. The average molecular weight is 637 g/mol. The molecule has 0 bridgehead atoms. The van der Waals surface area contributed by atoms with Gasteiger partial charge >= 0.3 is 5.97 Å². The molecule has 2 heterocycles. The van der Waals surface area contributed by atoms with Crippen molar-refractivity contribution in [1.29, 1.82) is 0 Å². The number of rotatable bonds is 5. The van der Waals surface area contributed by atoms with E-state index in [1.54, 1.807) is 0 Å². The van der Waals surface area contributed by atoms with E-state index in [-0.39, 0.29) is 46.6 Å². The summed E-state index contributed by atoms with van der Waals surface area (Å²) in [6.45, 7) is 0. The molecular weight excluding hydrogens is 608 g/mol. The van der Waals surface area contributed by atoms with Crippen molar-refractivity contribution >= 4 is 5.97 Å². The van der Waals surface area contributed by atoms with Gasteiger partial charge in [0, 0.05) is 36.1 Å². The molecule has 4 aromatic rings. The van der Waals surface area contributed by atoms with Crippen LogP contribution < -0.4 is 9.47 Å². The van der Waals surface area contributed by atoms with Gasteiger partial charge in [0.15, 0.2) is 23.0 Å². The Labute approximate surface area is 259 Å². The van der Waals surface area contributed by atoms with E-state index < -0.39 is 93.4 Å². The lowest BCUT2D eigenvalue weighted by Crippen LogP contribution is -2.33. The van der Waals surface area contributed by atoms with Gasteiger partial charge < -0.3 is 65.6 Å². The van der Waals surface area contributed by atoms with Crippen molar-refractivity contribution in [2.24, 2.45) is 0 Å². The second-order valence-corrected chi connectivity index (χ2v) is 11.2. The van der Waals surface area contributed by atoms with Gasteiger partial charge in [0.05, 0.1) is 23.3 Å². The SMILES string of the molecule is O=C(O)C(c1c(O)cc(O)c2c1O[C@H](c1ccc(O)c(O)c1)[C@@H](O)C2)c1c(O)cc(O)c2c1O[C@H](c1ccc(O)c(O)c1)[C@@H](O)C2. The molecule has 4 atom stereocenters. The maximum Gasteiger partial charge on any atom is 0.316 e. The number of benzene rings is 4. The number of hydrogen-bond acceptors (Lipinski definition) is 13. The summed E-state index contributed by atoms with van der Waals surface area (Å²) in [4.78, 5) is 13.1. The first-order chi connectivity index (χ1) is 21.8. The molecule has 0 fully saturated rings. The van der Waals surface area contributed by atoms with Crippen molar-refractivity contribution in [2.75, 3.05) is 0 Å². The van der Waals surface area contributed by atoms with Gasteiger partial charge in [-0.3, -0.25) is 4.79 Å². The zero-order valence-electron chi connectivity index (χ0n) is 23.6. The third-order valence-corrected chi connectivity index (χ3v) is 8.25. The molecule has 0 amide bonds. The molecular formula is C32H28O14. The van der Waals surface area contributed by atoms with Crippen LogP contribution in [0.5, 0.6) is 57.5 Å². The van der Waals surface area contributed by atoms with Gasteiger partial charge in [-0.1, -0.05) is 12.1 Å². The van der Waals surface area contributed by atoms with Crippen molar-refractivity contribution in [3.05, 3.63) is 81.9 Å². The van der Waals surface area contributed by atoms with Gasteiger partial charge in [-0.25, -0.2) is 0 Å². The number of fused-ring (bicyclic) bond motifs is 2. The number of phenolic OH excluding ortho intramolecular Hbond substituents is 8. The van der Waals surface area contributed by atoms with Crippen LogP contribution in [0.25, 0.3) is 0 Å². The van der Waals surface area contributed by atoms with Crippen LogP contribution in [0.3, 0.4) is 0 Å². The lowest BCUT2D eigenvalue weighted by Gasteiger charge is -2.36. The molecule has 6 rings (SSSR count). The standard InChI is InChI=1S/C32H28O14/c33-15-3-1-11(5-19(15)37)28-23(41)7-13-17(35)9-21(39)25(30(13)45-28)27(32(43)44)26-22(40)10-18(36)14-8-24(42)29(46-31(14)26)12-2-4-16(34)20(38)6-12/h1-6,9-10,23-24,27-29,33-42H,7-8H2,(H,43,44)/t23-,24-,28+,29+/m0/s1. The number of aliphatic carboxylic acids is 1. The molecule has 14 nitrogen and oxygen atoms in total. The minimum atomic E-state index is -2.00. The molecule has 0 saturated heterocycles. The van der Waals surface area contributed by atoms with Gasteiger partial charge in [0.25, 0.3) is 0 Å². The summed E-state index contributed by atoms with van der Waals surface area (Å²) in [5.74, 6) is -8.93. The third kappa shape index (κ3) is 4.89. The van der Waals surface area contributed by atoms with Crippen molar-refractivity contribution in [3.63, 3.8) is 0 Å². The Morgan fingerprint density at radius 2 is 0.957 bits per heavy atom. The second-order valence-electron chi connectivity index (χ2n) is 11.2. The summed E-state index contributed by atoms with van der Waals surface area (Å²) in [6.07, 6.45) is -5.86. The van der Waals surface area contributed by atoms with Crippen LogP contribution in [0.1, 0.15) is 51.5 Å². The Bertz CT molecular complexity index is 1760. The van der Waals surface area contributed by atoms with Crippen molar-refractivity contribution in [3.8, 4) is 57.5 Å². The molecule has 2 aliphatic heterocycles. The third-order valence-electron chi connectivity index (χ3n) is 8.25. The van der Waals surface area contributed by atoms with Crippen LogP contribution in [-0.4, -0.2) is 74.3 Å². The number of aromatic hydroxyl groups is 8. The summed E-state index contributed by atoms with van der Waals surface area (Å²) >= 11 is 0. The molecule has 0 aliphatic carbocycles. The number of phenols is 8. The Morgan fingerprint density at radius 3 is 1.30 bits per heavy atom. The lowest BCUT2D eigenvalue weighted by atomic mass is 9.82. The number of carbonyl (C=O) groups is 1. The molecule has 0 radical (unpaired) electrons. The van der Waals surface area contributed by atoms with Crippen LogP contribution in [0.2, 0.25) is 0 Å². The van der Waals surface area contributed by atoms with E-state index in [0.29, 0.717) is 0 Å². The zero-order valence-corrected chi connectivity index (χ0v) is 23.6. The Morgan fingerprint density at radius 1 is 0.565 bits per heavy atom. The van der Waals surface area contributed by atoms with E-state index in [4.69, 9.17) is 9.47 Å². The van der Waals surface area contributed by atoms with E-state index in [0.717, 1.165) is 36.4 Å².